The van der Waals surface area contributed by atoms with Crippen molar-refractivity contribution in [2.24, 2.45) is 0 Å². The van der Waals surface area contributed by atoms with Gasteiger partial charge in [-0.05, 0) is 19.1 Å². The maximum atomic E-state index is 11.8. The highest BCUT2D eigenvalue weighted by atomic mass is 35.5. The zero-order chi connectivity index (χ0) is 13.7. The first-order chi connectivity index (χ1) is 9.24. The summed E-state index contributed by atoms with van der Waals surface area (Å²) in [6.45, 7) is 3.59. The van der Waals surface area contributed by atoms with Crippen LogP contribution in [0.15, 0.2) is 24.3 Å². The van der Waals surface area contributed by atoms with Gasteiger partial charge in [-0.15, -0.1) is 11.6 Å². The van der Waals surface area contributed by atoms with Crippen LogP contribution in [0.1, 0.15) is 13.3 Å². The molecule has 0 bridgehead atoms. The standard InChI is InChI=1S/C14H18ClNO3/c1-2-16(14(17)7-8-15)9-11-10-18-12-5-3-4-6-13(12)19-11/h3-6,11H,2,7-10H2,1H3. The molecule has 0 N–H and O–H groups in total. The molecule has 2 rings (SSSR count). The molecule has 104 valence electrons. The largest absolute Gasteiger partial charge is 0.486 e. The van der Waals surface area contributed by atoms with E-state index in [0.717, 1.165) is 11.5 Å². The lowest BCUT2D eigenvalue weighted by Crippen LogP contribution is -2.43. The van der Waals surface area contributed by atoms with Gasteiger partial charge in [-0.3, -0.25) is 4.79 Å². The summed E-state index contributed by atoms with van der Waals surface area (Å²) in [5.74, 6) is 1.90. The molecule has 1 aliphatic rings. The smallest absolute Gasteiger partial charge is 0.223 e. The maximum absolute atomic E-state index is 11.8. The van der Waals surface area contributed by atoms with Crippen LogP contribution in [0.5, 0.6) is 11.5 Å². The fourth-order valence-corrected chi connectivity index (χ4v) is 2.21. The van der Waals surface area contributed by atoms with Crippen LogP contribution in [0.4, 0.5) is 0 Å². The molecule has 1 heterocycles. The number of rotatable bonds is 5. The van der Waals surface area contributed by atoms with Gasteiger partial charge in [0.1, 0.15) is 6.61 Å². The first-order valence-corrected chi connectivity index (χ1v) is 7.00. The summed E-state index contributed by atoms with van der Waals surface area (Å²) in [4.78, 5) is 13.6. The third-order valence-electron chi connectivity index (χ3n) is 3.03. The minimum Gasteiger partial charge on any atom is -0.486 e. The second-order valence-electron chi connectivity index (χ2n) is 4.37. The zero-order valence-corrected chi connectivity index (χ0v) is 11.7. The Kier molecular flexibility index (Phi) is 4.91. The van der Waals surface area contributed by atoms with Gasteiger partial charge < -0.3 is 14.4 Å². The molecule has 0 saturated heterocycles. The minimum absolute atomic E-state index is 0.0555. The van der Waals surface area contributed by atoms with Crippen molar-refractivity contribution >= 4 is 17.5 Å². The number of likely N-dealkylation sites (N-methyl/N-ethyl adjacent to an activating group) is 1. The van der Waals surface area contributed by atoms with Gasteiger partial charge in [0.05, 0.1) is 6.54 Å². The van der Waals surface area contributed by atoms with Gasteiger partial charge in [-0.2, -0.15) is 0 Å². The average molecular weight is 284 g/mol. The van der Waals surface area contributed by atoms with Crippen molar-refractivity contribution in [1.29, 1.82) is 0 Å². The van der Waals surface area contributed by atoms with E-state index < -0.39 is 0 Å². The van der Waals surface area contributed by atoms with Gasteiger partial charge in [0.15, 0.2) is 17.6 Å². The number of ether oxygens (including phenoxy) is 2. The molecule has 0 aromatic heterocycles. The molecule has 1 aromatic carbocycles. The molecule has 0 radical (unpaired) electrons. The van der Waals surface area contributed by atoms with Crippen LogP contribution in [0, 0.1) is 0 Å². The molecule has 0 spiro atoms. The van der Waals surface area contributed by atoms with Crippen molar-refractivity contribution in [3.63, 3.8) is 0 Å². The lowest BCUT2D eigenvalue weighted by atomic mass is 10.2. The normalized spacial score (nSPS) is 17.1. The van der Waals surface area contributed by atoms with Gasteiger partial charge in [-0.25, -0.2) is 0 Å². The fraction of sp³-hybridized carbons (Fsp3) is 0.500. The van der Waals surface area contributed by atoms with Crippen molar-refractivity contribution in [2.45, 2.75) is 19.4 Å². The summed E-state index contributed by atoms with van der Waals surface area (Å²) in [5, 5.41) is 0. The van der Waals surface area contributed by atoms with Gasteiger partial charge in [0, 0.05) is 18.8 Å². The molecular formula is C14H18ClNO3. The van der Waals surface area contributed by atoms with E-state index in [-0.39, 0.29) is 12.0 Å². The van der Waals surface area contributed by atoms with Gasteiger partial charge in [0.2, 0.25) is 5.91 Å². The number of alkyl halides is 1. The summed E-state index contributed by atoms with van der Waals surface area (Å²) in [6.07, 6.45) is 0.230. The predicted octanol–water partition coefficient (Wildman–Crippen LogP) is 2.30. The van der Waals surface area contributed by atoms with Crippen molar-refractivity contribution in [1.82, 2.24) is 4.90 Å². The topological polar surface area (TPSA) is 38.8 Å². The van der Waals surface area contributed by atoms with Crippen LogP contribution in [-0.4, -0.2) is 42.5 Å². The van der Waals surface area contributed by atoms with Crippen LogP contribution in [0.3, 0.4) is 0 Å². The molecule has 1 aromatic rings. The quantitative estimate of drug-likeness (QED) is 0.779. The summed E-state index contributed by atoms with van der Waals surface area (Å²) in [7, 11) is 0. The fourth-order valence-electron chi connectivity index (χ4n) is 2.05. The number of fused-ring (bicyclic) bond motifs is 1. The number of amides is 1. The second-order valence-corrected chi connectivity index (χ2v) is 4.75. The predicted molar refractivity (Wildman–Crippen MR) is 73.9 cm³/mol. The highest BCUT2D eigenvalue weighted by Crippen LogP contribution is 2.30. The van der Waals surface area contributed by atoms with E-state index in [1.807, 2.05) is 31.2 Å². The van der Waals surface area contributed by atoms with Crippen LogP contribution in [0.25, 0.3) is 0 Å². The summed E-state index contributed by atoms with van der Waals surface area (Å²) < 4.78 is 11.5. The van der Waals surface area contributed by atoms with Crippen LogP contribution < -0.4 is 9.47 Å². The first-order valence-electron chi connectivity index (χ1n) is 6.46. The Balaban J connectivity index is 1.95. The molecule has 4 nitrogen and oxygen atoms in total. The number of halogens is 1. The Hall–Kier alpha value is -1.42. The van der Waals surface area contributed by atoms with Gasteiger partial charge in [-0.1, -0.05) is 12.1 Å². The van der Waals surface area contributed by atoms with Crippen LogP contribution in [-0.2, 0) is 4.79 Å². The summed E-state index contributed by atoms with van der Waals surface area (Å²) >= 11 is 5.60. The third-order valence-corrected chi connectivity index (χ3v) is 3.22. The maximum Gasteiger partial charge on any atom is 0.223 e. The molecule has 0 aliphatic carbocycles. The number of hydrogen-bond acceptors (Lipinski definition) is 3. The van der Waals surface area contributed by atoms with Gasteiger partial charge >= 0.3 is 0 Å². The lowest BCUT2D eigenvalue weighted by Gasteiger charge is -2.30. The van der Waals surface area contributed by atoms with E-state index in [0.29, 0.717) is 32.0 Å². The molecular weight excluding hydrogens is 266 g/mol. The first kappa shape index (κ1) is 14.0. The number of carbonyl (C=O) groups excluding carboxylic acids is 1. The number of nitrogens with zero attached hydrogens (tertiary/aromatic N) is 1. The SMILES string of the molecule is CCN(CC1COc2ccccc2O1)C(=O)CCCl. The van der Waals surface area contributed by atoms with Crippen LogP contribution in [0.2, 0.25) is 0 Å². The summed E-state index contributed by atoms with van der Waals surface area (Å²) in [5.41, 5.74) is 0. The lowest BCUT2D eigenvalue weighted by molar-refractivity contribution is -0.132. The van der Waals surface area contributed by atoms with Crippen molar-refractivity contribution in [3.05, 3.63) is 24.3 Å². The monoisotopic (exact) mass is 283 g/mol. The van der Waals surface area contributed by atoms with Crippen molar-refractivity contribution in [2.75, 3.05) is 25.6 Å². The number of hydrogen-bond donors (Lipinski definition) is 0. The van der Waals surface area contributed by atoms with E-state index >= 15 is 0 Å². The number of para-hydroxylation sites is 2. The average Bonchev–Trinajstić information content (AvgIpc) is 2.44. The summed E-state index contributed by atoms with van der Waals surface area (Å²) in [6, 6.07) is 7.56. The molecule has 1 amide bonds. The minimum atomic E-state index is -0.130. The molecule has 19 heavy (non-hydrogen) atoms. The highest BCUT2D eigenvalue weighted by molar-refractivity contribution is 6.18. The van der Waals surface area contributed by atoms with Crippen molar-refractivity contribution in [3.8, 4) is 11.5 Å². The number of benzene rings is 1. The Labute approximate surface area is 118 Å². The Bertz CT molecular complexity index is 438. The third kappa shape index (κ3) is 3.53. The molecule has 0 saturated carbocycles. The Morgan fingerprint density at radius 2 is 2.16 bits per heavy atom. The van der Waals surface area contributed by atoms with E-state index in [9.17, 15) is 4.79 Å². The molecule has 1 atom stereocenters. The molecule has 1 aliphatic heterocycles. The van der Waals surface area contributed by atoms with E-state index in [1.54, 1.807) is 4.90 Å². The number of carbonyl (C=O) groups is 1. The highest BCUT2D eigenvalue weighted by Gasteiger charge is 2.24. The van der Waals surface area contributed by atoms with Gasteiger partial charge in [0.25, 0.3) is 0 Å². The van der Waals surface area contributed by atoms with Crippen molar-refractivity contribution < 1.29 is 14.3 Å². The Morgan fingerprint density at radius 3 is 2.84 bits per heavy atom. The molecule has 1 unspecified atom stereocenters. The second kappa shape index (κ2) is 6.66. The molecule has 0 fully saturated rings. The molecule has 5 heteroatoms. The van der Waals surface area contributed by atoms with E-state index in [4.69, 9.17) is 21.1 Å². The van der Waals surface area contributed by atoms with E-state index in [2.05, 4.69) is 0 Å². The van der Waals surface area contributed by atoms with Crippen LogP contribution >= 0.6 is 11.6 Å². The zero-order valence-electron chi connectivity index (χ0n) is 11.0. The van der Waals surface area contributed by atoms with E-state index in [1.165, 1.54) is 0 Å². The Morgan fingerprint density at radius 1 is 1.42 bits per heavy atom.